The third-order valence-corrected chi connectivity index (χ3v) is 2.85. The number of hydrogen-bond acceptors (Lipinski definition) is 2. The van der Waals surface area contributed by atoms with Gasteiger partial charge >= 0.3 is 0 Å². The van der Waals surface area contributed by atoms with Crippen LogP contribution in [0.5, 0.6) is 0 Å². The first kappa shape index (κ1) is 12.5. The Hall–Kier alpha value is -1.96. The van der Waals surface area contributed by atoms with Crippen molar-refractivity contribution in [2.75, 3.05) is 6.54 Å². The number of rotatable bonds is 2. The van der Waals surface area contributed by atoms with Gasteiger partial charge in [-0.15, -0.1) is 0 Å². The number of amides is 1. The molecule has 0 aromatic heterocycles. The summed E-state index contributed by atoms with van der Waals surface area (Å²) in [6.45, 7) is 4.12. The highest BCUT2D eigenvalue weighted by atomic mass is 19.1. The molecule has 18 heavy (non-hydrogen) atoms. The van der Waals surface area contributed by atoms with Gasteiger partial charge in [0.1, 0.15) is 17.7 Å². The zero-order chi connectivity index (χ0) is 13.4. The first-order valence-corrected chi connectivity index (χ1v) is 5.65. The monoisotopic (exact) mass is 250 g/mol. The van der Waals surface area contributed by atoms with E-state index in [9.17, 15) is 13.6 Å². The van der Waals surface area contributed by atoms with Crippen LogP contribution in [0.1, 0.15) is 35.8 Å². The number of halogens is 2. The Morgan fingerprint density at radius 2 is 2.11 bits per heavy atom. The molecule has 0 radical (unpaired) electrons. The van der Waals surface area contributed by atoms with Crippen molar-refractivity contribution in [1.82, 2.24) is 4.90 Å². The molecule has 1 heterocycles. The molecule has 0 N–H and O–H groups in total. The summed E-state index contributed by atoms with van der Waals surface area (Å²) in [5.41, 5.74) is -0.0516. The van der Waals surface area contributed by atoms with E-state index in [0.29, 0.717) is 12.6 Å². The lowest BCUT2D eigenvalue weighted by Crippen LogP contribution is -2.31. The minimum absolute atomic E-state index is 0.00968. The Kier molecular flexibility index (Phi) is 3.04. The number of nitriles is 1. The van der Waals surface area contributed by atoms with Crippen LogP contribution < -0.4 is 0 Å². The van der Waals surface area contributed by atoms with Crippen LogP contribution in [0.3, 0.4) is 0 Å². The maximum absolute atomic E-state index is 13.7. The van der Waals surface area contributed by atoms with Crippen molar-refractivity contribution >= 4 is 5.91 Å². The van der Waals surface area contributed by atoms with Gasteiger partial charge in [0.15, 0.2) is 0 Å². The van der Waals surface area contributed by atoms with Crippen LogP contribution in [0, 0.1) is 28.9 Å². The highest BCUT2D eigenvalue weighted by Gasteiger charge is 2.39. The second-order valence-corrected chi connectivity index (χ2v) is 4.73. The lowest BCUT2D eigenvalue weighted by molar-refractivity contribution is 0.0736. The minimum atomic E-state index is -0.963. The van der Waals surface area contributed by atoms with Gasteiger partial charge in [0.05, 0.1) is 11.6 Å². The number of carbonyl (C=O) groups excluding carboxylic acids is 1. The maximum Gasteiger partial charge on any atom is 0.255 e. The molecular formula is C13H12F2N2O. The number of fused-ring (bicyclic) bond motifs is 1. The average molecular weight is 250 g/mol. The van der Waals surface area contributed by atoms with Gasteiger partial charge in [0.25, 0.3) is 5.91 Å². The lowest BCUT2D eigenvalue weighted by atomic mass is 10.0. The number of carbonyl (C=O) groups is 1. The van der Waals surface area contributed by atoms with Crippen LogP contribution in [0.2, 0.25) is 0 Å². The van der Waals surface area contributed by atoms with Gasteiger partial charge in [0.2, 0.25) is 0 Å². The van der Waals surface area contributed by atoms with E-state index >= 15 is 0 Å². The molecule has 1 aliphatic heterocycles. The van der Waals surface area contributed by atoms with E-state index in [1.165, 1.54) is 4.90 Å². The molecule has 0 saturated heterocycles. The van der Waals surface area contributed by atoms with Crippen LogP contribution in [-0.4, -0.2) is 17.4 Å². The van der Waals surface area contributed by atoms with Gasteiger partial charge in [-0.25, -0.2) is 8.78 Å². The Bertz CT molecular complexity index is 549. The summed E-state index contributed by atoms with van der Waals surface area (Å²) < 4.78 is 26.8. The molecule has 1 aliphatic rings. The highest BCUT2D eigenvalue weighted by Crippen LogP contribution is 2.35. The van der Waals surface area contributed by atoms with Crippen LogP contribution in [0.4, 0.5) is 8.78 Å². The molecule has 2 rings (SSSR count). The maximum atomic E-state index is 13.7. The van der Waals surface area contributed by atoms with Gasteiger partial charge in [-0.2, -0.15) is 5.26 Å². The van der Waals surface area contributed by atoms with Crippen molar-refractivity contribution < 1.29 is 13.6 Å². The fourth-order valence-electron chi connectivity index (χ4n) is 2.18. The molecule has 0 saturated carbocycles. The predicted octanol–water partition coefficient (Wildman–Crippen LogP) is 2.64. The third-order valence-electron chi connectivity index (χ3n) is 2.85. The number of nitrogens with zero attached hydrogens (tertiary/aromatic N) is 2. The first-order chi connectivity index (χ1) is 8.45. The molecule has 1 unspecified atom stereocenters. The van der Waals surface area contributed by atoms with E-state index in [1.807, 2.05) is 19.9 Å². The second kappa shape index (κ2) is 4.37. The summed E-state index contributed by atoms with van der Waals surface area (Å²) in [4.78, 5) is 13.3. The zero-order valence-electron chi connectivity index (χ0n) is 10.1. The minimum Gasteiger partial charge on any atom is -0.318 e. The fourth-order valence-corrected chi connectivity index (χ4v) is 2.18. The van der Waals surface area contributed by atoms with Gasteiger partial charge < -0.3 is 4.90 Å². The molecule has 1 amide bonds. The largest absolute Gasteiger partial charge is 0.318 e. The van der Waals surface area contributed by atoms with Crippen LogP contribution in [0.15, 0.2) is 12.1 Å². The third kappa shape index (κ3) is 1.84. The summed E-state index contributed by atoms with van der Waals surface area (Å²) >= 11 is 0. The molecule has 3 nitrogen and oxygen atoms in total. The summed E-state index contributed by atoms with van der Waals surface area (Å²) in [6, 6.07) is 2.64. The molecule has 0 fully saturated rings. The molecule has 0 aliphatic carbocycles. The highest BCUT2D eigenvalue weighted by molar-refractivity contribution is 5.99. The van der Waals surface area contributed by atoms with Crippen molar-refractivity contribution in [3.8, 4) is 6.07 Å². The molecule has 1 atom stereocenters. The van der Waals surface area contributed by atoms with Gasteiger partial charge in [-0.05, 0) is 12.0 Å². The van der Waals surface area contributed by atoms with E-state index in [-0.39, 0.29) is 17.0 Å². The molecule has 1 aromatic rings. The first-order valence-electron chi connectivity index (χ1n) is 5.65. The second-order valence-electron chi connectivity index (χ2n) is 4.73. The van der Waals surface area contributed by atoms with E-state index in [1.54, 1.807) is 0 Å². The van der Waals surface area contributed by atoms with Gasteiger partial charge in [0, 0.05) is 18.2 Å². The number of benzene rings is 1. The predicted molar refractivity (Wildman–Crippen MR) is 60.6 cm³/mol. The van der Waals surface area contributed by atoms with Crippen LogP contribution in [-0.2, 0) is 0 Å². The molecule has 94 valence electrons. The van der Waals surface area contributed by atoms with E-state index in [2.05, 4.69) is 0 Å². The fraction of sp³-hybridized carbons (Fsp3) is 0.385. The topological polar surface area (TPSA) is 44.1 Å². The van der Waals surface area contributed by atoms with E-state index < -0.39 is 23.6 Å². The van der Waals surface area contributed by atoms with Crippen molar-refractivity contribution in [3.63, 3.8) is 0 Å². The smallest absolute Gasteiger partial charge is 0.255 e. The Morgan fingerprint density at radius 1 is 1.44 bits per heavy atom. The summed E-state index contributed by atoms with van der Waals surface area (Å²) in [5, 5.41) is 9.10. The van der Waals surface area contributed by atoms with Crippen LogP contribution in [0.25, 0.3) is 0 Å². The Balaban J connectivity index is 2.53. The Labute approximate surface area is 104 Å². The molecule has 1 aromatic carbocycles. The molecular weight excluding hydrogens is 238 g/mol. The van der Waals surface area contributed by atoms with E-state index in [4.69, 9.17) is 5.26 Å². The molecule has 5 heteroatoms. The van der Waals surface area contributed by atoms with Crippen molar-refractivity contribution in [1.29, 1.82) is 5.26 Å². The van der Waals surface area contributed by atoms with Gasteiger partial charge in [-0.1, -0.05) is 13.8 Å². The summed E-state index contributed by atoms with van der Waals surface area (Å²) in [5.74, 6) is -1.98. The SMILES string of the molecule is CC(C)CN1C(=O)c2cc(F)cc(F)c2C1C#N. The Morgan fingerprint density at radius 3 is 2.67 bits per heavy atom. The summed E-state index contributed by atoms with van der Waals surface area (Å²) in [6.07, 6.45) is 0. The van der Waals surface area contributed by atoms with Crippen molar-refractivity contribution in [2.45, 2.75) is 19.9 Å². The molecule has 0 spiro atoms. The number of hydrogen-bond donors (Lipinski definition) is 0. The molecule has 0 bridgehead atoms. The lowest BCUT2D eigenvalue weighted by Gasteiger charge is -2.22. The van der Waals surface area contributed by atoms with E-state index in [0.717, 1.165) is 6.07 Å². The standard InChI is InChI=1S/C13H12F2N2O/c1-7(2)6-17-11(5-16)12-9(13(17)18)3-8(14)4-10(12)15/h3-4,7,11H,6H2,1-2H3. The van der Waals surface area contributed by atoms with Crippen molar-refractivity contribution in [2.24, 2.45) is 5.92 Å². The average Bonchev–Trinajstić information content (AvgIpc) is 2.53. The quantitative estimate of drug-likeness (QED) is 0.809. The van der Waals surface area contributed by atoms with Crippen molar-refractivity contribution in [3.05, 3.63) is 34.9 Å². The zero-order valence-corrected chi connectivity index (χ0v) is 10.1. The summed E-state index contributed by atoms with van der Waals surface area (Å²) in [7, 11) is 0. The van der Waals surface area contributed by atoms with Crippen LogP contribution >= 0.6 is 0 Å². The normalized spacial score (nSPS) is 18.1. The van der Waals surface area contributed by atoms with Gasteiger partial charge in [-0.3, -0.25) is 4.79 Å².